The van der Waals surface area contributed by atoms with Gasteiger partial charge in [0.2, 0.25) is 0 Å². The maximum atomic E-state index is 9.68. The number of benzene rings is 2. The monoisotopic (exact) mass is 392 g/mol. The summed E-state index contributed by atoms with van der Waals surface area (Å²) in [5.74, 6) is 0. The Morgan fingerprint density at radius 3 is 2.28 bits per heavy atom. The van der Waals surface area contributed by atoms with Gasteiger partial charge >= 0.3 is 0 Å². The number of likely N-dealkylation sites (tertiary alicyclic amines) is 1. The van der Waals surface area contributed by atoms with Gasteiger partial charge in [0.25, 0.3) is 0 Å². The van der Waals surface area contributed by atoms with Crippen molar-refractivity contribution in [2.75, 3.05) is 13.2 Å². The molecule has 1 aromatic heterocycles. The van der Waals surface area contributed by atoms with E-state index in [1.165, 1.54) is 22.1 Å². The van der Waals surface area contributed by atoms with Gasteiger partial charge in [0.05, 0.1) is 13.2 Å². The number of rotatable bonds is 5. The fraction of sp³-hybridized carbons (Fsp3) is 0.440. The van der Waals surface area contributed by atoms with Gasteiger partial charge in [0, 0.05) is 35.2 Å². The van der Waals surface area contributed by atoms with Gasteiger partial charge in [-0.25, -0.2) is 0 Å². The second-order valence-corrected chi connectivity index (χ2v) is 9.35. The number of aliphatic hydroxyl groups is 2. The Morgan fingerprint density at radius 1 is 0.931 bits per heavy atom. The Labute approximate surface area is 173 Å². The van der Waals surface area contributed by atoms with Crippen molar-refractivity contribution in [1.29, 1.82) is 0 Å². The fourth-order valence-corrected chi connectivity index (χ4v) is 4.48. The number of hydrogen-bond donors (Lipinski definition) is 3. The molecule has 1 aliphatic heterocycles. The third-order valence-electron chi connectivity index (χ3n) is 6.28. The highest BCUT2D eigenvalue weighted by Crippen LogP contribution is 2.31. The summed E-state index contributed by atoms with van der Waals surface area (Å²) in [6.45, 7) is 7.73. The molecule has 0 saturated carbocycles. The zero-order valence-corrected chi connectivity index (χ0v) is 17.7. The van der Waals surface area contributed by atoms with Crippen LogP contribution in [0.3, 0.4) is 0 Å². The molecule has 0 amide bonds. The lowest BCUT2D eigenvalue weighted by Gasteiger charge is -2.27. The van der Waals surface area contributed by atoms with E-state index in [0.29, 0.717) is 0 Å². The standard InChI is InChI=1S/C25H32N2O2/c1-25(2,3)20-6-4-5-17(12-20)18-7-10-24-19(11-18)13-21(26-24)14-27-22(15-28)8-9-23(27)16-29/h4-7,10-13,22-23,26,28-29H,8-9,14-16H2,1-3H3. The van der Waals surface area contributed by atoms with Crippen molar-refractivity contribution in [1.82, 2.24) is 9.88 Å². The van der Waals surface area contributed by atoms with Crippen LogP contribution in [0.2, 0.25) is 0 Å². The molecule has 4 heteroatoms. The Hall–Kier alpha value is -2.14. The van der Waals surface area contributed by atoms with Gasteiger partial charge in [-0.3, -0.25) is 4.90 Å². The summed E-state index contributed by atoms with van der Waals surface area (Å²) < 4.78 is 0. The first-order valence-corrected chi connectivity index (χ1v) is 10.6. The lowest BCUT2D eigenvalue weighted by molar-refractivity contribution is 0.0894. The molecule has 2 aromatic carbocycles. The minimum Gasteiger partial charge on any atom is -0.395 e. The molecule has 1 saturated heterocycles. The van der Waals surface area contributed by atoms with E-state index in [4.69, 9.17) is 0 Å². The van der Waals surface area contributed by atoms with Crippen LogP contribution >= 0.6 is 0 Å². The highest BCUT2D eigenvalue weighted by Gasteiger charge is 2.32. The summed E-state index contributed by atoms with van der Waals surface area (Å²) in [4.78, 5) is 5.76. The van der Waals surface area contributed by atoms with E-state index in [1.54, 1.807) is 0 Å². The molecule has 0 aliphatic carbocycles. The second-order valence-electron chi connectivity index (χ2n) is 9.35. The maximum Gasteiger partial charge on any atom is 0.0587 e. The lowest BCUT2D eigenvalue weighted by atomic mass is 9.85. The zero-order valence-electron chi connectivity index (χ0n) is 17.7. The molecule has 29 heavy (non-hydrogen) atoms. The first kappa shape index (κ1) is 20.1. The van der Waals surface area contributed by atoms with E-state index in [1.807, 2.05) is 0 Å². The average molecular weight is 393 g/mol. The molecule has 3 N–H and O–H groups in total. The van der Waals surface area contributed by atoms with Crippen LogP contribution in [0.5, 0.6) is 0 Å². The molecule has 0 radical (unpaired) electrons. The van der Waals surface area contributed by atoms with Crippen molar-refractivity contribution in [2.24, 2.45) is 0 Å². The van der Waals surface area contributed by atoms with Crippen molar-refractivity contribution in [2.45, 2.75) is 57.7 Å². The van der Waals surface area contributed by atoms with Crippen LogP contribution in [-0.2, 0) is 12.0 Å². The molecule has 0 spiro atoms. The molecule has 1 fully saturated rings. The van der Waals surface area contributed by atoms with Gasteiger partial charge in [0.1, 0.15) is 0 Å². The lowest BCUT2D eigenvalue weighted by Crippen LogP contribution is -2.39. The smallest absolute Gasteiger partial charge is 0.0587 e. The number of fused-ring (bicyclic) bond motifs is 1. The van der Waals surface area contributed by atoms with Crippen molar-refractivity contribution in [3.05, 3.63) is 59.8 Å². The van der Waals surface area contributed by atoms with Crippen LogP contribution in [0.4, 0.5) is 0 Å². The van der Waals surface area contributed by atoms with Crippen molar-refractivity contribution in [3.8, 4) is 11.1 Å². The Morgan fingerprint density at radius 2 is 1.62 bits per heavy atom. The largest absolute Gasteiger partial charge is 0.395 e. The zero-order chi connectivity index (χ0) is 20.6. The van der Waals surface area contributed by atoms with E-state index in [9.17, 15) is 10.2 Å². The number of nitrogens with zero attached hydrogens (tertiary/aromatic N) is 1. The molecule has 3 aromatic rings. The van der Waals surface area contributed by atoms with Crippen molar-refractivity contribution < 1.29 is 10.2 Å². The van der Waals surface area contributed by atoms with Gasteiger partial charge < -0.3 is 15.2 Å². The first-order chi connectivity index (χ1) is 13.9. The topological polar surface area (TPSA) is 59.5 Å². The summed E-state index contributed by atoms with van der Waals surface area (Å²) in [5, 5.41) is 20.5. The number of nitrogens with one attached hydrogen (secondary N) is 1. The molecule has 1 aliphatic rings. The molecule has 2 heterocycles. The predicted octanol–water partition coefficient (Wildman–Crippen LogP) is 4.45. The van der Waals surface area contributed by atoms with Gasteiger partial charge in [0.15, 0.2) is 0 Å². The fourth-order valence-electron chi connectivity index (χ4n) is 4.48. The quantitative estimate of drug-likeness (QED) is 0.601. The van der Waals surface area contributed by atoms with E-state index in [-0.39, 0.29) is 30.7 Å². The van der Waals surface area contributed by atoms with Crippen LogP contribution in [0.1, 0.15) is 44.9 Å². The molecule has 0 bridgehead atoms. The number of H-pyrrole nitrogens is 1. The average Bonchev–Trinajstić information content (AvgIpc) is 3.29. The minimum absolute atomic E-state index is 0.129. The Bertz CT molecular complexity index is 974. The molecular formula is C25H32N2O2. The highest BCUT2D eigenvalue weighted by atomic mass is 16.3. The molecule has 4 rings (SSSR count). The van der Waals surface area contributed by atoms with Gasteiger partial charge in [-0.2, -0.15) is 0 Å². The third kappa shape index (κ3) is 4.11. The van der Waals surface area contributed by atoms with Crippen LogP contribution in [0, 0.1) is 0 Å². The van der Waals surface area contributed by atoms with Crippen molar-refractivity contribution >= 4 is 10.9 Å². The number of aliphatic hydroxyl groups excluding tert-OH is 2. The number of hydrogen-bond acceptors (Lipinski definition) is 3. The molecule has 2 unspecified atom stereocenters. The maximum absolute atomic E-state index is 9.68. The Kier molecular flexibility index (Phi) is 5.52. The van der Waals surface area contributed by atoms with Crippen LogP contribution in [0.25, 0.3) is 22.0 Å². The summed E-state index contributed by atoms with van der Waals surface area (Å²) in [6, 6.07) is 17.8. The Balaban J connectivity index is 1.62. The van der Waals surface area contributed by atoms with E-state index in [0.717, 1.165) is 30.6 Å². The summed E-state index contributed by atoms with van der Waals surface area (Å²) >= 11 is 0. The first-order valence-electron chi connectivity index (χ1n) is 10.6. The van der Waals surface area contributed by atoms with Crippen LogP contribution < -0.4 is 0 Å². The predicted molar refractivity (Wildman–Crippen MR) is 119 cm³/mol. The van der Waals surface area contributed by atoms with E-state index in [2.05, 4.69) is 79.2 Å². The molecule has 2 atom stereocenters. The summed E-state index contributed by atoms with van der Waals surface area (Å²) in [7, 11) is 0. The molecular weight excluding hydrogens is 360 g/mol. The summed E-state index contributed by atoms with van der Waals surface area (Å²) in [5.41, 5.74) is 6.17. The number of aromatic nitrogens is 1. The van der Waals surface area contributed by atoms with Gasteiger partial charge in [-0.15, -0.1) is 0 Å². The second kappa shape index (κ2) is 7.94. The molecule has 4 nitrogen and oxygen atoms in total. The van der Waals surface area contributed by atoms with Crippen molar-refractivity contribution in [3.63, 3.8) is 0 Å². The number of aromatic amines is 1. The van der Waals surface area contributed by atoms with Gasteiger partial charge in [-0.1, -0.05) is 51.1 Å². The highest BCUT2D eigenvalue weighted by molar-refractivity contribution is 5.86. The minimum atomic E-state index is 0.129. The van der Waals surface area contributed by atoms with Crippen LogP contribution in [0.15, 0.2) is 48.5 Å². The van der Waals surface area contributed by atoms with E-state index < -0.39 is 0 Å². The van der Waals surface area contributed by atoms with Crippen LogP contribution in [-0.4, -0.2) is 45.4 Å². The SMILES string of the molecule is CC(C)(C)c1cccc(-c2ccc3[nH]c(CN4C(CO)CCC4CO)cc3c2)c1. The van der Waals surface area contributed by atoms with Gasteiger partial charge in [-0.05, 0) is 53.1 Å². The molecule has 154 valence electrons. The van der Waals surface area contributed by atoms with E-state index >= 15 is 0 Å². The third-order valence-corrected chi connectivity index (χ3v) is 6.28. The summed E-state index contributed by atoms with van der Waals surface area (Å²) in [6.07, 6.45) is 1.88. The normalized spacial score (nSPS) is 20.6.